The number of nitrogens with two attached hydrogens (primary N) is 1. The number of hydrogen-bond acceptors (Lipinski definition) is 3. The summed E-state index contributed by atoms with van der Waals surface area (Å²) in [5, 5.41) is 9.21. The van der Waals surface area contributed by atoms with E-state index in [1.807, 2.05) is 31.2 Å². The third-order valence-corrected chi connectivity index (χ3v) is 3.18. The molecule has 1 aliphatic heterocycles. The van der Waals surface area contributed by atoms with Crippen LogP contribution in [-0.4, -0.2) is 24.3 Å². The van der Waals surface area contributed by atoms with Gasteiger partial charge in [-0.2, -0.15) is 0 Å². The Balaban J connectivity index is 2.27. The summed E-state index contributed by atoms with van der Waals surface area (Å²) in [5.74, 6) is -0.883. The van der Waals surface area contributed by atoms with Gasteiger partial charge < -0.3 is 15.6 Å². The van der Waals surface area contributed by atoms with Gasteiger partial charge in [0.25, 0.3) is 0 Å². The molecule has 2 rings (SSSR count). The molecule has 0 aromatic heterocycles. The minimum atomic E-state index is -0.949. The van der Waals surface area contributed by atoms with Crippen molar-refractivity contribution in [3.05, 3.63) is 35.4 Å². The van der Waals surface area contributed by atoms with Crippen LogP contribution in [0.4, 0.5) is 0 Å². The summed E-state index contributed by atoms with van der Waals surface area (Å²) in [5.41, 5.74) is 7.05. The van der Waals surface area contributed by atoms with Gasteiger partial charge in [-0.05, 0) is 12.5 Å². The van der Waals surface area contributed by atoms with Crippen LogP contribution in [0.3, 0.4) is 0 Å². The van der Waals surface area contributed by atoms with Gasteiger partial charge >= 0.3 is 5.97 Å². The zero-order valence-electron chi connectivity index (χ0n) is 9.14. The summed E-state index contributed by atoms with van der Waals surface area (Å²) >= 11 is 0. The summed E-state index contributed by atoms with van der Waals surface area (Å²) in [7, 11) is 0. The Bertz CT molecular complexity index is 395. The number of carboxylic acid groups (broad SMARTS) is 1. The second-order valence-electron chi connectivity index (χ2n) is 4.34. The number of aliphatic carboxylic acids is 1. The maximum Gasteiger partial charge on any atom is 0.316 e. The SMILES string of the molecule is Cc1ccc(C(N)C2(C(=O)O)COC2)cc1. The van der Waals surface area contributed by atoms with Gasteiger partial charge in [-0.1, -0.05) is 29.8 Å². The molecule has 16 heavy (non-hydrogen) atoms. The highest BCUT2D eigenvalue weighted by atomic mass is 16.5. The van der Waals surface area contributed by atoms with Gasteiger partial charge in [0.2, 0.25) is 0 Å². The van der Waals surface area contributed by atoms with Gasteiger partial charge in [0.1, 0.15) is 5.41 Å². The number of carboxylic acids is 1. The van der Waals surface area contributed by atoms with Gasteiger partial charge in [0, 0.05) is 0 Å². The summed E-state index contributed by atoms with van der Waals surface area (Å²) in [6, 6.07) is 7.11. The molecule has 3 N–H and O–H groups in total. The first kappa shape index (κ1) is 11.1. The molecule has 1 aliphatic rings. The van der Waals surface area contributed by atoms with Crippen molar-refractivity contribution in [3.63, 3.8) is 0 Å². The molecule has 0 amide bonds. The van der Waals surface area contributed by atoms with Crippen LogP contribution in [0.15, 0.2) is 24.3 Å². The molecule has 1 aromatic carbocycles. The maximum absolute atomic E-state index is 11.2. The molecule has 0 bridgehead atoms. The largest absolute Gasteiger partial charge is 0.481 e. The van der Waals surface area contributed by atoms with Crippen LogP contribution in [0.25, 0.3) is 0 Å². The molecular formula is C12H15NO3. The van der Waals surface area contributed by atoms with Crippen molar-refractivity contribution in [1.29, 1.82) is 0 Å². The van der Waals surface area contributed by atoms with E-state index in [2.05, 4.69) is 0 Å². The van der Waals surface area contributed by atoms with Crippen LogP contribution in [0.2, 0.25) is 0 Å². The fourth-order valence-corrected chi connectivity index (χ4v) is 1.85. The van der Waals surface area contributed by atoms with Gasteiger partial charge in [0.15, 0.2) is 0 Å². The van der Waals surface area contributed by atoms with Crippen LogP contribution < -0.4 is 5.73 Å². The summed E-state index contributed by atoms with van der Waals surface area (Å²) in [6.07, 6.45) is 0. The number of rotatable bonds is 3. The topological polar surface area (TPSA) is 72.6 Å². The van der Waals surface area contributed by atoms with Gasteiger partial charge in [-0.25, -0.2) is 0 Å². The number of hydrogen-bond donors (Lipinski definition) is 2. The zero-order chi connectivity index (χ0) is 11.8. The van der Waals surface area contributed by atoms with Crippen molar-refractivity contribution in [1.82, 2.24) is 0 Å². The lowest BCUT2D eigenvalue weighted by atomic mass is 9.75. The number of carbonyl (C=O) groups is 1. The van der Waals surface area contributed by atoms with Crippen LogP contribution in [0, 0.1) is 12.3 Å². The molecule has 0 radical (unpaired) electrons. The van der Waals surface area contributed by atoms with Crippen molar-refractivity contribution in [3.8, 4) is 0 Å². The minimum absolute atomic E-state index is 0.192. The van der Waals surface area contributed by atoms with Crippen LogP contribution in [0.5, 0.6) is 0 Å². The molecule has 86 valence electrons. The Kier molecular flexibility index (Phi) is 2.69. The first-order chi connectivity index (χ1) is 7.56. The van der Waals surface area contributed by atoms with Gasteiger partial charge in [0.05, 0.1) is 19.3 Å². The average molecular weight is 221 g/mol. The maximum atomic E-state index is 11.2. The van der Waals surface area contributed by atoms with Crippen molar-refractivity contribution < 1.29 is 14.6 Å². The smallest absolute Gasteiger partial charge is 0.316 e. The monoisotopic (exact) mass is 221 g/mol. The zero-order valence-corrected chi connectivity index (χ0v) is 9.14. The third kappa shape index (κ3) is 1.60. The highest BCUT2D eigenvalue weighted by Gasteiger charge is 2.51. The lowest BCUT2D eigenvalue weighted by Gasteiger charge is -2.41. The van der Waals surface area contributed by atoms with E-state index in [1.54, 1.807) is 0 Å². The highest BCUT2D eigenvalue weighted by molar-refractivity contribution is 5.77. The van der Waals surface area contributed by atoms with Crippen molar-refractivity contribution in [2.24, 2.45) is 11.1 Å². The quantitative estimate of drug-likeness (QED) is 0.801. The molecule has 1 atom stereocenters. The molecule has 0 spiro atoms. The van der Waals surface area contributed by atoms with E-state index in [9.17, 15) is 9.90 Å². The Hall–Kier alpha value is -1.39. The Morgan fingerprint density at radius 3 is 2.38 bits per heavy atom. The Morgan fingerprint density at radius 1 is 1.44 bits per heavy atom. The second-order valence-corrected chi connectivity index (χ2v) is 4.34. The number of aryl methyl sites for hydroxylation is 1. The van der Waals surface area contributed by atoms with Crippen LogP contribution in [0.1, 0.15) is 17.2 Å². The van der Waals surface area contributed by atoms with E-state index in [0.717, 1.165) is 11.1 Å². The lowest BCUT2D eigenvalue weighted by Crippen LogP contribution is -2.55. The average Bonchev–Trinajstić information content (AvgIpc) is 2.16. The van der Waals surface area contributed by atoms with Crippen LogP contribution >= 0.6 is 0 Å². The first-order valence-electron chi connectivity index (χ1n) is 5.19. The van der Waals surface area contributed by atoms with Crippen molar-refractivity contribution in [2.75, 3.05) is 13.2 Å². The summed E-state index contributed by atoms with van der Waals surface area (Å²) < 4.78 is 5.01. The normalized spacial score (nSPS) is 19.9. The Morgan fingerprint density at radius 2 is 2.00 bits per heavy atom. The highest BCUT2D eigenvalue weighted by Crippen LogP contribution is 2.39. The van der Waals surface area contributed by atoms with E-state index in [4.69, 9.17) is 10.5 Å². The molecule has 4 nitrogen and oxygen atoms in total. The molecule has 1 heterocycles. The Labute approximate surface area is 94.0 Å². The molecule has 1 aromatic rings. The predicted molar refractivity (Wildman–Crippen MR) is 59.0 cm³/mol. The van der Waals surface area contributed by atoms with E-state index in [1.165, 1.54) is 0 Å². The van der Waals surface area contributed by atoms with E-state index < -0.39 is 17.4 Å². The molecule has 1 unspecified atom stereocenters. The molecule has 0 aliphatic carbocycles. The predicted octanol–water partition coefficient (Wildman–Crippen LogP) is 1.10. The van der Waals surface area contributed by atoms with E-state index in [0.29, 0.717) is 0 Å². The van der Waals surface area contributed by atoms with E-state index in [-0.39, 0.29) is 13.2 Å². The fraction of sp³-hybridized carbons (Fsp3) is 0.417. The third-order valence-electron chi connectivity index (χ3n) is 3.18. The van der Waals surface area contributed by atoms with Gasteiger partial charge in [-0.3, -0.25) is 4.79 Å². The molecular weight excluding hydrogens is 206 g/mol. The van der Waals surface area contributed by atoms with Crippen molar-refractivity contribution >= 4 is 5.97 Å². The number of ether oxygens (including phenoxy) is 1. The molecule has 0 saturated carbocycles. The fourth-order valence-electron chi connectivity index (χ4n) is 1.85. The second kappa shape index (κ2) is 3.88. The summed E-state index contributed by atoms with van der Waals surface area (Å²) in [4.78, 5) is 11.2. The van der Waals surface area contributed by atoms with Crippen LogP contribution in [-0.2, 0) is 9.53 Å². The first-order valence-corrected chi connectivity index (χ1v) is 5.19. The lowest BCUT2D eigenvalue weighted by molar-refractivity contribution is -0.184. The van der Waals surface area contributed by atoms with E-state index >= 15 is 0 Å². The minimum Gasteiger partial charge on any atom is -0.481 e. The number of benzene rings is 1. The standard InChI is InChI=1S/C12H15NO3/c1-8-2-4-9(5-3-8)10(13)12(11(14)15)6-16-7-12/h2-5,10H,6-7,13H2,1H3,(H,14,15). The summed E-state index contributed by atoms with van der Waals surface area (Å²) in [6.45, 7) is 2.36. The molecule has 1 fully saturated rings. The van der Waals surface area contributed by atoms with Gasteiger partial charge in [-0.15, -0.1) is 0 Å². The molecule has 4 heteroatoms. The van der Waals surface area contributed by atoms with Crippen molar-refractivity contribution in [2.45, 2.75) is 13.0 Å². The molecule has 1 saturated heterocycles.